The van der Waals surface area contributed by atoms with E-state index in [2.05, 4.69) is 12.0 Å². The Morgan fingerprint density at radius 2 is 1.71 bits per heavy atom. The number of rotatable bonds is 3. The van der Waals surface area contributed by atoms with Crippen LogP contribution in [0.1, 0.15) is 12.5 Å². The van der Waals surface area contributed by atoms with Crippen LogP contribution in [0.5, 0.6) is 0 Å². The molecule has 2 aromatic carbocycles. The number of benzene rings is 2. The SMILES string of the molecule is CCc1ccc(-n2[nH]c(-c3ccccc3)c(N)c2=O)cc1. The molecule has 0 aliphatic carbocycles. The van der Waals surface area contributed by atoms with E-state index in [1.807, 2.05) is 54.6 Å². The second-order valence-electron chi connectivity index (χ2n) is 4.93. The van der Waals surface area contributed by atoms with Gasteiger partial charge in [-0.2, -0.15) is 0 Å². The van der Waals surface area contributed by atoms with Gasteiger partial charge in [0.15, 0.2) is 0 Å². The number of hydrogen-bond acceptors (Lipinski definition) is 2. The lowest BCUT2D eigenvalue weighted by molar-refractivity contribution is 0.852. The predicted molar refractivity (Wildman–Crippen MR) is 85.6 cm³/mol. The van der Waals surface area contributed by atoms with Crippen molar-refractivity contribution in [3.8, 4) is 16.9 Å². The molecule has 0 fully saturated rings. The van der Waals surface area contributed by atoms with Gasteiger partial charge >= 0.3 is 0 Å². The summed E-state index contributed by atoms with van der Waals surface area (Å²) >= 11 is 0. The molecule has 4 heteroatoms. The summed E-state index contributed by atoms with van der Waals surface area (Å²) in [4.78, 5) is 12.3. The van der Waals surface area contributed by atoms with E-state index in [4.69, 9.17) is 5.73 Å². The maximum Gasteiger partial charge on any atom is 0.295 e. The molecule has 0 aliphatic rings. The Balaban J connectivity index is 2.10. The van der Waals surface area contributed by atoms with Crippen LogP contribution in [0.4, 0.5) is 5.69 Å². The summed E-state index contributed by atoms with van der Waals surface area (Å²) < 4.78 is 1.48. The van der Waals surface area contributed by atoms with Gasteiger partial charge in [-0.3, -0.25) is 9.89 Å². The predicted octanol–water partition coefficient (Wildman–Crippen LogP) is 2.98. The molecule has 0 unspecified atom stereocenters. The van der Waals surface area contributed by atoms with Gasteiger partial charge in [0.25, 0.3) is 5.56 Å². The smallest absolute Gasteiger partial charge is 0.295 e. The Labute approximate surface area is 122 Å². The summed E-state index contributed by atoms with van der Waals surface area (Å²) in [6, 6.07) is 17.5. The summed E-state index contributed by atoms with van der Waals surface area (Å²) in [5.41, 5.74) is 9.54. The minimum Gasteiger partial charge on any atom is -0.392 e. The fourth-order valence-electron chi connectivity index (χ4n) is 2.34. The van der Waals surface area contributed by atoms with E-state index in [0.29, 0.717) is 5.69 Å². The van der Waals surface area contributed by atoms with Crippen molar-refractivity contribution >= 4 is 5.69 Å². The largest absolute Gasteiger partial charge is 0.392 e. The van der Waals surface area contributed by atoms with Gasteiger partial charge in [-0.1, -0.05) is 49.4 Å². The minimum absolute atomic E-state index is 0.224. The van der Waals surface area contributed by atoms with Crippen LogP contribution in [0, 0.1) is 0 Å². The van der Waals surface area contributed by atoms with Gasteiger partial charge < -0.3 is 5.73 Å². The normalized spacial score (nSPS) is 10.7. The third-order valence-electron chi connectivity index (χ3n) is 3.59. The van der Waals surface area contributed by atoms with Gasteiger partial charge in [-0.05, 0) is 24.1 Å². The van der Waals surface area contributed by atoms with Crippen LogP contribution in [0.3, 0.4) is 0 Å². The van der Waals surface area contributed by atoms with Gasteiger partial charge in [-0.15, -0.1) is 0 Å². The highest BCUT2D eigenvalue weighted by Crippen LogP contribution is 2.21. The zero-order valence-electron chi connectivity index (χ0n) is 11.8. The van der Waals surface area contributed by atoms with Crippen molar-refractivity contribution in [3.63, 3.8) is 0 Å². The molecule has 1 aromatic heterocycles. The molecule has 0 amide bonds. The zero-order chi connectivity index (χ0) is 14.8. The number of nitrogens with two attached hydrogens (primary N) is 1. The van der Waals surface area contributed by atoms with Crippen molar-refractivity contribution in [2.45, 2.75) is 13.3 Å². The Morgan fingerprint density at radius 1 is 1.05 bits per heavy atom. The standard InChI is InChI=1S/C17H17N3O/c1-2-12-8-10-14(11-9-12)20-17(21)15(18)16(19-20)13-6-4-3-5-7-13/h3-11,19H,2,18H2,1H3. The molecular weight excluding hydrogens is 262 g/mol. The number of aromatic nitrogens is 2. The summed E-state index contributed by atoms with van der Waals surface area (Å²) in [6.45, 7) is 2.10. The monoisotopic (exact) mass is 279 g/mol. The Kier molecular flexibility index (Phi) is 3.36. The molecule has 0 saturated heterocycles. The lowest BCUT2D eigenvalue weighted by Gasteiger charge is -2.03. The molecule has 3 rings (SSSR count). The molecule has 1 heterocycles. The third-order valence-corrected chi connectivity index (χ3v) is 3.59. The van der Waals surface area contributed by atoms with Crippen molar-refractivity contribution in [2.75, 3.05) is 5.73 Å². The summed E-state index contributed by atoms with van der Waals surface area (Å²) in [5.74, 6) is 0. The average Bonchev–Trinajstić information content (AvgIpc) is 2.84. The highest BCUT2D eigenvalue weighted by atomic mass is 16.1. The molecule has 0 atom stereocenters. The van der Waals surface area contributed by atoms with Gasteiger partial charge in [-0.25, -0.2) is 4.68 Å². The number of nitrogen functional groups attached to an aromatic ring is 1. The number of aryl methyl sites for hydroxylation is 1. The van der Waals surface area contributed by atoms with E-state index in [0.717, 1.165) is 17.7 Å². The molecule has 0 radical (unpaired) electrons. The first kappa shape index (κ1) is 13.2. The quantitative estimate of drug-likeness (QED) is 0.774. The van der Waals surface area contributed by atoms with Crippen LogP contribution in [0.15, 0.2) is 59.4 Å². The Morgan fingerprint density at radius 3 is 2.33 bits per heavy atom. The number of anilines is 1. The maximum atomic E-state index is 12.3. The van der Waals surface area contributed by atoms with Crippen LogP contribution in [-0.2, 0) is 6.42 Å². The van der Waals surface area contributed by atoms with Crippen LogP contribution >= 0.6 is 0 Å². The summed E-state index contributed by atoms with van der Waals surface area (Å²) in [5, 5.41) is 3.10. The minimum atomic E-state index is -0.224. The summed E-state index contributed by atoms with van der Waals surface area (Å²) in [6.07, 6.45) is 0.970. The van der Waals surface area contributed by atoms with E-state index in [1.54, 1.807) is 0 Å². The first-order valence-corrected chi connectivity index (χ1v) is 6.96. The van der Waals surface area contributed by atoms with Gasteiger partial charge in [0.2, 0.25) is 0 Å². The molecule has 3 aromatic rings. The number of aromatic amines is 1. The van der Waals surface area contributed by atoms with E-state index in [1.165, 1.54) is 10.2 Å². The summed E-state index contributed by atoms with van der Waals surface area (Å²) in [7, 11) is 0. The number of H-pyrrole nitrogens is 1. The second-order valence-corrected chi connectivity index (χ2v) is 4.93. The van der Waals surface area contributed by atoms with Gasteiger partial charge in [0.1, 0.15) is 5.69 Å². The first-order valence-electron chi connectivity index (χ1n) is 6.96. The number of nitrogens with zero attached hydrogens (tertiary/aromatic N) is 1. The lowest BCUT2D eigenvalue weighted by atomic mass is 10.1. The van der Waals surface area contributed by atoms with Crippen molar-refractivity contribution in [3.05, 3.63) is 70.5 Å². The zero-order valence-corrected chi connectivity index (χ0v) is 11.8. The van der Waals surface area contributed by atoms with Crippen LogP contribution in [0.25, 0.3) is 16.9 Å². The van der Waals surface area contributed by atoms with Crippen LogP contribution in [-0.4, -0.2) is 9.78 Å². The molecule has 0 bridgehead atoms. The number of nitrogens with one attached hydrogen (secondary N) is 1. The average molecular weight is 279 g/mol. The van der Waals surface area contributed by atoms with E-state index >= 15 is 0 Å². The second kappa shape index (κ2) is 5.32. The van der Waals surface area contributed by atoms with Crippen molar-refractivity contribution < 1.29 is 0 Å². The fourth-order valence-corrected chi connectivity index (χ4v) is 2.34. The van der Waals surface area contributed by atoms with Gasteiger partial charge in [0, 0.05) is 5.56 Å². The molecule has 0 spiro atoms. The van der Waals surface area contributed by atoms with Crippen LogP contribution in [0.2, 0.25) is 0 Å². The van der Waals surface area contributed by atoms with Crippen molar-refractivity contribution in [1.29, 1.82) is 0 Å². The lowest BCUT2D eigenvalue weighted by Crippen LogP contribution is -2.16. The van der Waals surface area contributed by atoms with Crippen LogP contribution < -0.4 is 11.3 Å². The highest BCUT2D eigenvalue weighted by molar-refractivity contribution is 5.72. The fraction of sp³-hybridized carbons (Fsp3) is 0.118. The molecule has 106 valence electrons. The first-order chi connectivity index (χ1) is 10.2. The Hall–Kier alpha value is -2.75. The van der Waals surface area contributed by atoms with Crippen molar-refractivity contribution in [2.24, 2.45) is 0 Å². The number of hydrogen-bond donors (Lipinski definition) is 2. The molecule has 4 nitrogen and oxygen atoms in total. The molecule has 21 heavy (non-hydrogen) atoms. The molecule has 3 N–H and O–H groups in total. The molecule has 0 saturated carbocycles. The molecular formula is C17H17N3O. The van der Waals surface area contributed by atoms with E-state index in [-0.39, 0.29) is 11.2 Å². The topological polar surface area (TPSA) is 63.8 Å². The van der Waals surface area contributed by atoms with E-state index in [9.17, 15) is 4.79 Å². The van der Waals surface area contributed by atoms with Gasteiger partial charge in [0.05, 0.1) is 11.4 Å². The molecule has 0 aliphatic heterocycles. The third kappa shape index (κ3) is 2.36. The van der Waals surface area contributed by atoms with Crippen molar-refractivity contribution in [1.82, 2.24) is 9.78 Å². The maximum absolute atomic E-state index is 12.3. The van der Waals surface area contributed by atoms with E-state index < -0.39 is 0 Å². The highest BCUT2D eigenvalue weighted by Gasteiger charge is 2.13. The Bertz CT molecular complexity index is 798.